The van der Waals surface area contributed by atoms with Crippen LogP contribution in [0.3, 0.4) is 0 Å². The van der Waals surface area contributed by atoms with Crippen LogP contribution in [-0.4, -0.2) is 28.1 Å². The maximum atomic E-state index is 12.3. The molecule has 5 nitrogen and oxygen atoms in total. The van der Waals surface area contributed by atoms with Gasteiger partial charge in [-0.15, -0.1) is 0 Å². The summed E-state index contributed by atoms with van der Waals surface area (Å²) in [5.74, 6) is 2.92. The predicted octanol–water partition coefficient (Wildman–Crippen LogP) is 1.41. The van der Waals surface area contributed by atoms with Crippen molar-refractivity contribution in [1.29, 1.82) is 0 Å². The summed E-state index contributed by atoms with van der Waals surface area (Å²) >= 11 is 0. The van der Waals surface area contributed by atoms with Crippen LogP contribution in [0.5, 0.6) is 0 Å². The first-order chi connectivity index (χ1) is 9.74. The van der Waals surface area contributed by atoms with Crippen molar-refractivity contribution in [2.24, 2.45) is 24.8 Å². The molecule has 0 unspecified atom stereocenters. The molecule has 1 N–H and O–H groups in total. The number of nitrogens with one attached hydrogen (secondary N) is 1. The molecule has 2 aliphatic carbocycles. The Labute approximate surface area is 118 Å². The first kappa shape index (κ1) is 12.4. The molecule has 3 fully saturated rings. The second-order valence-corrected chi connectivity index (χ2v) is 6.43. The van der Waals surface area contributed by atoms with Crippen LogP contribution in [0.2, 0.25) is 0 Å². The molecule has 1 aromatic rings. The van der Waals surface area contributed by atoms with Crippen LogP contribution in [0, 0.1) is 17.8 Å². The predicted molar refractivity (Wildman–Crippen MR) is 72.8 cm³/mol. The summed E-state index contributed by atoms with van der Waals surface area (Å²) in [4.78, 5) is 16.7. The van der Waals surface area contributed by atoms with Crippen molar-refractivity contribution in [2.45, 2.75) is 37.8 Å². The Bertz CT molecular complexity index is 523. The number of imidazole rings is 1. The molecule has 4 rings (SSSR count). The number of amides is 1. The highest BCUT2D eigenvalue weighted by Crippen LogP contribution is 2.54. The van der Waals surface area contributed by atoms with Gasteiger partial charge >= 0.3 is 0 Å². The molecule has 0 spiro atoms. The SMILES string of the molecule is Cn1ccnc1[C@H]1OCC[C@@H]1NC(=O)[C@H]1C[C@H]1C1CC1. The van der Waals surface area contributed by atoms with E-state index in [-0.39, 0.29) is 24.0 Å². The van der Waals surface area contributed by atoms with Crippen LogP contribution in [0.15, 0.2) is 12.4 Å². The Morgan fingerprint density at radius 2 is 2.30 bits per heavy atom. The molecular formula is C15H21N3O2. The van der Waals surface area contributed by atoms with Crippen molar-refractivity contribution in [3.63, 3.8) is 0 Å². The monoisotopic (exact) mass is 275 g/mol. The van der Waals surface area contributed by atoms with Crippen molar-refractivity contribution >= 4 is 5.91 Å². The average Bonchev–Trinajstić information content (AvgIpc) is 3.31. The number of ether oxygens (including phenoxy) is 1. The van der Waals surface area contributed by atoms with Crippen LogP contribution in [-0.2, 0) is 16.6 Å². The normalized spacial score (nSPS) is 36.0. The molecule has 1 amide bonds. The molecule has 1 aliphatic heterocycles. The molecule has 2 heterocycles. The Balaban J connectivity index is 1.40. The molecular weight excluding hydrogens is 254 g/mol. The van der Waals surface area contributed by atoms with Gasteiger partial charge in [-0.2, -0.15) is 0 Å². The lowest BCUT2D eigenvalue weighted by Gasteiger charge is -2.19. The molecule has 0 radical (unpaired) electrons. The minimum atomic E-state index is -0.0999. The van der Waals surface area contributed by atoms with E-state index in [1.807, 2.05) is 17.8 Å². The van der Waals surface area contributed by atoms with Gasteiger partial charge in [-0.1, -0.05) is 0 Å². The van der Waals surface area contributed by atoms with E-state index in [0.717, 1.165) is 24.6 Å². The summed E-state index contributed by atoms with van der Waals surface area (Å²) in [7, 11) is 1.97. The zero-order chi connectivity index (χ0) is 13.7. The van der Waals surface area contributed by atoms with E-state index in [4.69, 9.17) is 4.74 Å². The zero-order valence-electron chi connectivity index (χ0n) is 11.8. The zero-order valence-corrected chi connectivity index (χ0v) is 11.8. The summed E-state index contributed by atoms with van der Waals surface area (Å²) in [6.07, 6.45) is 8.23. The number of rotatable bonds is 4. The van der Waals surface area contributed by atoms with E-state index < -0.39 is 0 Å². The lowest BCUT2D eigenvalue weighted by molar-refractivity contribution is -0.123. The largest absolute Gasteiger partial charge is 0.368 e. The van der Waals surface area contributed by atoms with E-state index in [1.54, 1.807) is 6.20 Å². The highest BCUT2D eigenvalue weighted by molar-refractivity contribution is 5.82. The quantitative estimate of drug-likeness (QED) is 0.904. The molecule has 0 bridgehead atoms. The summed E-state index contributed by atoms with van der Waals surface area (Å²) in [6.45, 7) is 0.694. The van der Waals surface area contributed by atoms with Gasteiger partial charge in [0.15, 0.2) is 0 Å². The Kier molecular flexibility index (Phi) is 2.84. The van der Waals surface area contributed by atoms with E-state index in [2.05, 4.69) is 10.3 Å². The molecule has 1 aromatic heterocycles. The van der Waals surface area contributed by atoms with Gasteiger partial charge in [-0.05, 0) is 37.5 Å². The smallest absolute Gasteiger partial charge is 0.223 e. The Morgan fingerprint density at radius 3 is 3.00 bits per heavy atom. The maximum absolute atomic E-state index is 12.3. The first-order valence-corrected chi connectivity index (χ1v) is 7.63. The molecule has 108 valence electrons. The Morgan fingerprint density at radius 1 is 1.45 bits per heavy atom. The third-order valence-electron chi connectivity index (χ3n) is 4.94. The van der Waals surface area contributed by atoms with Crippen molar-refractivity contribution in [2.75, 3.05) is 6.61 Å². The Hall–Kier alpha value is -1.36. The van der Waals surface area contributed by atoms with Crippen molar-refractivity contribution in [3.8, 4) is 0 Å². The van der Waals surface area contributed by atoms with E-state index >= 15 is 0 Å². The van der Waals surface area contributed by atoms with E-state index in [1.165, 1.54) is 12.8 Å². The molecule has 0 aromatic carbocycles. The summed E-state index contributed by atoms with van der Waals surface area (Å²) in [5, 5.41) is 3.20. The standard InChI is InChI=1S/C15H21N3O2/c1-18-6-5-16-14(18)13-12(4-7-20-13)17-15(19)11-8-10(11)9-2-3-9/h5-6,9-13H,2-4,7-8H2,1H3,(H,17,19)/t10-,11-,12-,13-/m0/s1. The fourth-order valence-corrected chi connectivity index (χ4v) is 3.49. The van der Waals surface area contributed by atoms with Crippen LogP contribution in [0.25, 0.3) is 0 Å². The van der Waals surface area contributed by atoms with Crippen molar-refractivity contribution in [3.05, 3.63) is 18.2 Å². The maximum Gasteiger partial charge on any atom is 0.223 e. The third-order valence-corrected chi connectivity index (χ3v) is 4.94. The number of aromatic nitrogens is 2. The molecule has 4 atom stereocenters. The summed E-state index contributed by atoms with van der Waals surface area (Å²) < 4.78 is 7.75. The fraction of sp³-hybridized carbons (Fsp3) is 0.733. The minimum absolute atomic E-state index is 0.0732. The van der Waals surface area contributed by atoms with E-state index in [9.17, 15) is 4.79 Å². The van der Waals surface area contributed by atoms with Gasteiger partial charge in [0.1, 0.15) is 11.9 Å². The topological polar surface area (TPSA) is 56.1 Å². The van der Waals surface area contributed by atoms with Crippen molar-refractivity contribution in [1.82, 2.24) is 14.9 Å². The van der Waals surface area contributed by atoms with E-state index in [0.29, 0.717) is 12.5 Å². The molecule has 2 saturated carbocycles. The minimum Gasteiger partial charge on any atom is -0.368 e. The number of nitrogens with zero attached hydrogens (tertiary/aromatic N) is 2. The van der Waals surface area contributed by atoms with Gasteiger partial charge in [0.05, 0.1) is 6.04 Å². The van der Waals surface area contributed by atoms with Crippen LogP contribution in [0.1, 0.15) is 37.6 Å². The van der Waals surface area contributed by atoms with Gasteiger partial charge in [0.25, 0.3) is 0 Å². The lowest BCUT2D eigenvalue weighted by atomic mass is 10.1. The lowest BCUT2D eigenvalue weighted by Crippen LogP contribution is -2.38. The number of carbonyl (C=O) groups excluding carboxylic acids is 1. The highest BCUT2D eigenvalue weighted by atomic mass is 16.5. The van der Waals surface area contributed by atoms with Gasteiger partial charge in [0, 0.05) is 32.0 Å². The summed E-state index contributed by atoms with van der Waals surface area (Å²) in [5.41, 5.74) is 0. The second kappa shape index (κ2) is 4.58. The molecule has 1 saturated heterocycles. The van der Waals surface area contributed by atoms with Gasteiger partial charge in [0.2, 0.25) is 5.91 Å². The highest BCUT2D eigenvalue weighted by Gasteiger charge is 2.51. The molecule has 5 heteroatoms. The van der Waals surface area contributed by atoms with Crippen LogP contribution in [0.4, 0.5) is 0 Å². The number of aryl methyl sites for hydroxylation is 1. The number of hydrogen-bond donors (Lipinski definition) is 1. The van der Waals surface area contributed by atoms with Crippen molar-refractivity contribution < 1.29 is 9.53 Å². The first-order valence-electron chi connectivity index (χ1n) is 7.63. The van der Waals surface area contributed by atoms with Gasteiger partial charge < -0.3 is 14.6 Å². The second-order valence-electron chi connectivity index (χ2n) is 6.43. The fourth-order valence-electron chi connectivity index (χ4n) is 3.49. The molecule has 3 aliphatic rings. The number of carbonyl (C=O) groups is 1. The summed E-state index contributed by atoms with van der Waals surface area (Å²) in [6, 6.07) is 0.0732. The third kappa shape index (κ3) is 2.14. The van der Waals surface area contributed by atoms with Gasteiger partial charge in [-0.25, -0.2) is 4.98 Å². The molecule has 20 heavy (non-hydrogen) atoms. The average molecular weight is 275 g/mol. The van der Waals surface area contributed by atoms with Crippen LogP contribution >= 0.6 is 0 Å². The van der Waals surface area contributed by atoms with Gasteiger partial charge in [-0.3, -0.25) is 4.79 Å². The number of hydrogen-bond acceptors (Lipinski definition) is 3. The van der Waals surface area contributed by atoms with Crippen LogP contribution < -0.4 is 5.32 Å².